The predicted octanol–water partition coefficient (Wildman–Crippen LogP) is -0.392. The van der Waals surface area contributed by atoms with E-state index in [1.807, 2.05) is 7.05 Å². The number of nitrogens with one attached hydrogen (secondary N) is 3. The summed E-state index contributed by atoms with van der Waals surface area (Å²) in [5.74, 6) is 0. The normalized spacial score (nSPS) is 11.9. The van der Waals surface area contributed by atoms with E-state index in [0.717, 1.165) is 13.0 Å². The van der Waals surface area contributed by atoms with Crippen molar-refractivity contribution >= 4 is 15.9 Å². The summed E-state index contributed by atoms with van der Waals surface area (Å²) in [6.45, 7) is 1.25. The van der Waals surface area contributed by atoms with Gasteiger partial charge in [0.25, 0.3) is 0 Å². The summed E-state index contributed by atoms with van der Waals surface area (Å²) < 4.78 is 27.2. The molecule has 0 atom stereocenters. The number of hydrogen-bond acceptors (Lipinski definition) is 4. The maximum Gasteiger partial charge on any atom is 0.301 e. The molecule has 0 spiro atoms. The lowest BCUT2D eigenvalue weighted by Crippen LogP contribution is -2.34. The van der Waals surface area contributed by atoms with Crippen LogP contribution in [0.25, 0.3) is 0 Å². The van der Waals surface area contributed by atoms with Crippen LogP contribution in [0.4, 0.5) is 5.69 Å². The zero-order valence-corrected chi connectivity index (χ0v) is 10.2. The van der Waals surface area contributed by atoms with Gasteiger partial charge in [-0.3, -0.25) is 9.82 Å². The van der Waals surface area contributed by atoms with Gasteiger partial charge in [-0.15, -0.1) is 0 Å². The summed E-state index contributed by atoms with van der Waals surface area (Å²) in [6, 6.07) is 0. The number of aromatic amines is 1. The Morgan fingerprint density at radius 2 is 2.31 bits per heavy atom. The van der Waals surface area contributed by atoms with E-state index in [1.165, 1.54) is 23.7 Å². The van der Waals surface area contributed by atoms with Crippen LogP contribution in [0.3, 0.4) is 0 Å². The highest BCUT2D eigenvalue weighted by molar-refractivity contribution is 7.90. The minimum absolute atomic E-state index is 0.431. The molecule has 0 unspecified atom stereocenters. The summed E-state index contributed by atoms with van der Waals surface area (Å²) in [7, 11) is -0.0968. The van der Waals surface area contributed by atoms with E-state index in [9.17, 15) is 8.42 Å². The fraction of sp³-hybridized carbons (Fsp3) is 0.625. The molecule has 0 bridgehead atoms. The fourth-order valence-electron chi connectivity index (χ4n) is 1.13. The van der Waals surface area contributed by atoms with Crippen LogP contribution >= 0.6 is 0 Å². The fourth-order valence-corrected chi connectivity index (χ4v) is 2.07. The first-order chi connectivity index (χ1) is 7.56. The van der Waals surface area contributed by atoms with Crippen LogP contribution < -0.4 is 10.0 Å². The van der Waals surface area contributed by atoms with Crippen molar-refractivity contribution in [3.05, 3.63) is 12.4 Å². The lowest BCUT2D eigenvalue weighted by molar-refractivity contribution is 0.462. The molecule has 3 N–H and O–H groups in total. The van der Waals surface area contributed by atoms with Crippen molar-refractivity contribution in [2.45, 2.75) is 6.42 Å². The van der Waals surface area contributed by atoms with E-state index >= 15 is 0 Å². The second-order valence-corrected chi connectivity index (χ2v) is 5.15. The molecule has 0 amide bonds. The summed E-state index contributed by atoms with van der Waals surface area (Å²) in [4.78, 5) is 0. The smallest absolute Gasteiger partial charge is 0.301 e. The van der Waals surface area contributed by atoms with Gasteiger partial charge in [0.2, 0.25) is 0 Å². The van der Waals surface area contributed by atoms with Gasteiger partial charge in [0, 0.05) is 19.8 Å². The minimum Gasteiger partial charge on any atom is -0.320 e. The number of H-pyrrole nitrogens is 1. The van der Waals surface area contributed by atoms with Crippen molar-refractivity contribution < 1.29 is 8.42 Å². The van der Waals surface area contributed by atoms with Gasteiger partial charge in [0.15, 0.2) is 0 Å². The Bertz CT molecular complexity index is 389. The van der Waals surface area contributed by atoms with Crippen LogP contribution in [0.2, 0.25) is 0 Å². The molecule has 1 rings (SSSR count). The second-order valence-electron chi connectivity index (χ2n) is 3.37. The lowest BCUT2D eigenvalue weighted by atomic mass is 10.4. The number of aromatic nitrogens is 2. The molecule has 1 aromatic rings. The van der Waals surface area contributed by atoms with Gasteiger partial charge in [0.1, 0.15) is 0 Å². The standard InChI is InChI=1S/C8H17N5O2S/c1-9-4-3-5-13(2)16(14,15)12-8-6-10-11-7-8/h6-7,9,12H,3-5H2,1-2H3,(H,10,11). The molecule has 0 aliphatic heterocycles. The molecule has 0 aliphatic rings. The van der Waals surface area contributed by atoms with Crippen molar-refractivity contribution in [3.8, 4) is 0 Å². The van der Waals surface area contributed by atoms with Gasteiger partial charge in [-0.2, -0.15) is 17.8 Å². The Labute approximate surface area is 95.4 Å². The first-order valence-electron chi connectivity index (χ1n) is 4.93. The van der Waals surface area contributed by atoms with Crippen molar-refractivity contribution in [1.29, 1.82) is 0 Å². The minimum atomic E-state index is -3.47. The quantitative estimate of drug-likeness (QED) is 0.572. The highest BCUT2D eigenvalue weighted by Gasteiger charge is 2.16. The highest BCUT2D eigenvalue weighted by atomic mass is 32.2. The Kier molecular flexibility index (Phi) is 4.71. The van der Waals surface area contributed by atoms with E-state index in [2.05, 4.69) is 20.2 Å². The second kappa shape index (κ2) is 5.83. The summed E-state index contributed by atoms with van der Waals surface area (Å²) in [5.41, 5.74) is 0.431. The molecule has 0 radical (unpaired) electrons. The number of anilines is 1. The van der Waals surface area contributed by atoms with Gasteiger partial charge < -0.3 is 5.32 Å². The van der Waals surface area contributed by atoms with Crippen LogP contribution in [0.15, 0.2) is 12.4 Å². The number of nitrogens with zero attached hydrogens (tertiary/aromatic N) is 2. The lowest BCUT2D eigenvalue weighted by Gasteiger charge is -2.17. The first kappa shape index (κ1) is 12.9. The van der Waals surface area contributed by atoms with E-state index in [-0.39, 0.29) is 0 Å². The third-order valence-corrected chi connectivity index (χ3v) is 3.55. The number of hydrogen-bond donors (Lipinski definition) is 3. The van der Waals surface area contributed by atoms with Gasteiger partial charge in [-0.1, -0.05) is 0 Å². The monoisotopic (exact) mass is 247 g/mol. The largest absolute Gasteiger partial charge is 0.320 e. The average Bonchev–Trinajstić information content (AvgIpc) is 2.70. The van der Waals surface area contributed by atoms with Crippen LogP contribution in [0.5, 0.6) is 0 Å². The molecule has 0 fully saturated rings. The molecule has 16 heavy (non-hydrogen) atoms. The van der Waals surface area contributed by atoms with Gasteiger partial charge in [-0.05, 0) is 20.0 Å². The van der Waals surface area contributed by atoms with Gasteiger partial charge in [0.05, 0.1) is 11.9 Å². The zero-order chi connectivity index (χ0) is 12.0. The van der Waals surface area contributed by atoms with Gasteiger partial charge >= 0.3 is 10.2 Å². The van der Waals surface area contributed by atoms with Gasteiger partial charge in [-0.25, -0.2) is 0 Å². The number of rotatable bonds is 7. The maximum absolute atomic E-state index is 11.7. The Hall–Kier alpha value is -1.12. The molecule has 1 heterocycles. The summed E-state index contributed by atoms with van der Waals surface area (Å²) in [5, 5.41) is 9.16. The van der Waals surface area contributed by atoms with Crippen LogP contribution in [0.1, 0.15) is 6.42 Å². The Morgan fingerprint density at radius 1 is 1.56 bits per heavy atom. The van der Waals surface area contributed by atoms with E-state index in [0.29, 0.717) is 12.2 Å². The molecule has 0 saturated heterocycles. The molecule has 92 valence electrons. The molecule has 0 saturated carbocycles. The van der Waals surface area contributed by atoms with Crippen molar-refractivity contribution in [2.24, 2.45) is 0 Å². The van der Waals surface area contributed by atoms with Crippen molar-refractivity contribution in [3.63, 3.8) is 0 Å². The van der Waals surface area contributed by atoms with Crippen LogP contribution in [-0.2, 0) is 10.2 Å². The third-order valence-electron chi connectivity index (χ3n) is 2.06. The maximum atomic E-state index is 11.7. The first-order valence-corrected chi connectivity index (χ1v) is 6.37. The molecule has 8 heteroatoms. The van der Waals surface area contributed by atoms with Crippen LogP contribution in [0, 0.1) is 0 Å². The third kappa shape index (κ3) is 3.80. The predicted molar refractivity (Wildman–Crippen MR) is 62.3 cm³/mol. The molecular weight excluding hydrogens is 230 g/mol. The van der Waals surface area contributed by atoms with E-state index in [4.69, 9.17) is 0 Å². The van der Waals surface area contributed by atoms with E-state index < -0.39 is 10.2 Å². The average molecular weight is 247 g/mol. The molecule has 7 nitrogen and oxygen atoms in total. The zero-order valence-electron chi connectivity index (χ0n) is 9.40. The molecule has 0 aliphatic carbocycles. The molecule has 0 aromatic carbocycles. The summed E-state index contributed by atoms with van der Waals surface area (Å²) in [6.07, 6.45) is 3.66. The SMILES string of the molecule is CNCCCN(C)S(=O)(=O)Nc1cn[nH]c1. The van der Waals surface area contributed by atoms with Crippen molar-refractivity contribution in [1.82, 2.24) is 19.8 Å². The topological polar surface area (TPSA) is 90.1 Å². The Balaban J connectivity index is 2.50. The van der Waals surface area contributed by atoms with E-state index in [1.54, 1.807) is 0 Å². The van der Waals surface area contributed by atoms with Crippen molar-refractivity contribution in [2.75, 3.05) is 31.9 Å². The Morgan fingerprint density at radius 3 is 2.88 bits per heavy atom. The summed E-state index contributed by atoms with van der Waals surface area (Å²) >= 11 is 0. The molecular formula is C8H17N5O2S. The van der Waals surface area contributed by atoms with Crippen LogP contribution in [-0.4, -0.2) is 50.1 Å². The highest BCUT2D eigenvalue weighted by Crippen LogP contribution is 2.07. The molecule has 1 aromatic heterocycles.